The average Bonchev–Trinajstić information content (AvgIpc) is 2.64. The minimum Gasteiger partial charge on any atom is -0.330 e. The van der Waals surface area contributed by atoms with Gasteiger partial charge in [0.25, 0.3) is 0 Å². The molecule has 2 aromatic heterocycles. The van der Waals surface area contributed by atoms with Crippen LogP contribution < -0.4 is 5.73 Å². The summed E-state index contributed by atoms with van der Waals surface area (Å²) in [7, 11) is 0. The van der Waals surface area contributed by atoms with Crippen LogP contribution in [0.25, 0.3) is 10.7 Å². The van der Waals surface area contributed by atoms with Gasteiger partial charge in [0, 0.05) is 17.8 Å². The molecule has 0 amide bonds. The predicted octanol–water partition coefficient (Wildman–Crippen LogP) is 2.78. The fourth-order valence-electron chi connectivity index (χ4n) is 1.45. The van der Waals surface area contributed by atoms with E-state index in [1.807, 2.05) is 25.1 Å². The number of halogens is 1. The Hall–Kier alpha value is -0.780. The van der Waals surface area contributed by atoms with Crippen LogP contribution >= 0.6 is 27.3 Å². The Balaban J connectivity index is 2.40. The van der Waals surface area contributed by atoms with Crippen molar-refractivity contribution in [2.45, 2.75) is 13.3 Å². The molecule has 5 heteroatoms. The first-order chi connectivity index (χ1) is 7.69. The van der Waals surface area contributed by atoms with Gasteiger partial charge < -0.3 is 5.73 Å². The number of hydrogen-bond acceptors (Lipinski definition) is 4. The van der Waals surface area contributed by atoms with Crippen LogP contribution in [0.4, 0.5) is 0 Å². The Morgan fingerprint density at radius 2 is 2.19 bits per heavy atom. The third-order valence-electron chi connectivity index (χ3n) is 2.10. The monoisotopic (exact) mass is 297 g/mol. The van der Waals surface area contributed by atoms with E-state index < -0.39 is 0 Å². The third-order valence-corrected chi connectivity index (χ3v) is 3.72. The lowest BCUT2D eigenvalue weighted by Gasteiger charge is -2.03. The first-order valence-electron chi connectivity index (χ1n) is 4.99. The number of aryl methyl sites for hydroxylation is 1. The summed E-state index contributed by atoms with van der Waals surface area (Å²) >= 11 is 5.08. The second-order valence-corrected chi connectivity index (χ2v) is 5.93. The molecule has 0 atom stereocenters. The van der Waals surface area contributed by atoms with Crippen molar-refractivity contribution in [3.8, 4) is 10.7 Å². The average molecular weight is 298 g/mol. The summed E-state index contributed by atoms with van der Waals surface area (Å²) in [6.45, 7) is 2.60. The highest BCUT2D eigenvalue weighted by molar-refractivity contribution is 9.11. The summed E-state index contributed by atoms with van der Waals surface area (Å²) in [5.41, 5.74) is 7.53. The van der Waals surface area contributed by atoms with Gasteiger partial charge in [-0.25, -0.2) is 9.97 Å². The topological polar surface area (TPSA) is 51.8 Å². The largest absolute Gasteiger partial charge is 0.330 e. The first kappa shape index (κ1) is 11.7. The molecule has 84 valence electrons. The van der Waals surface area contributed by atoms with Gasteiger partial charge in [0.1, 0.15) is 0 Å². The van der Waals surface area contributed by atoms with Crippen molar-refractivity contribution in [2.75, 3.05) is 6.54 Å². The zero-order chi connectivity index (χ0) is 11.5. The normalized spacial score (nSPS) is 10.7. The first-order valence-corrected chi connectivity index (χ1v) is 6.60. The fourth-order valence-corrected chi connectivity index (χ4v) is 2.77. The van der Waals surface area contributed by atoms with Gasteiger partial charge in [0.05, 0.1) is 8.66 Å². The van der Waals surface area contributed by atoms with Crippen molar-refractivity contribution in [2.24, 2.45) is 5.73 Å². The number of nitrogens with two attached hydrogens (primary N) is 1. The minimum atomic E-state index is 0.615. The van der Waals surface area contributed by atoms with E-state index in [0.29, 0.717) is 6.54 Å². The molecular formula is C11H12BrN3S. The zero-order valence-electron chi connectivity index (χ0n) is 8.90. The van der Waals surface area contributed by atoms with E-state index in [1.165, 1.54) is 0 Å². The molecule has 2 rings (SSSR count). The van der Waals surface area contributed by atoms with E-state index in [9.17, 15) is 0 Å². The van der Waals surface area contributed by atoms with Crippen LogP contribution in [0.2, 0.25) is 0 Å². The van der Waals surface area contributed by atoms with Gasteiger partial charge in [-0.15, -0.1) is 11.3 Å². The van der Waals surface area contributed by atoms with E-state index in [4.69, 9.17) is 5.73 Å². The van der Waals surface area contributed by atoms with Crippen molar-refractivity contribution < 1.29 is 0 Å². The molecule has 0 aromatic carbocycles. The van der Waals surface area contributed by atoms with E-state index in [-0.39, 0.29) is 0 Å². The number of thiophene rings is 1. The molecule has 0 radical (unpaired) electrons. The highest BCUT2D eigenvalue weighted by Crippen LogP contribution is 2.29. The second kappa shape index (κ2) is 5.03. The SMILES string of the molecule is Cc1cc(CCN)nc(-c2ccc(Br)s2)n1. The Bertz CT molecular complexity index is 496. The van der Waals surface area contributed by atoms with Gasteiger partial charge in [-0.3, -0.25) is 0 Å². The van der Waals surface area contributed by atoms with Crippen LogP contribution in [0.5, 0.6) is 0 Å². The Morgan fingerprint density at radius 3 is 2.81 bits per heavy atom. The minimum absolute atomic E-state index is 0.615. The highest BCUT2D eigenvalue weighted by Gasteiger charge is 2.07. The summed E-state index contributed by atoms with van der Waals surface area (Å²) in [5, 5.41) is 0. The lowest BCUT2D eigenvalue weighted by molar-refractivity contribution is 0.906. The van der Waals surface area contributed by atoms with Gasteiger partial charge in [0.2, 0.25) is 0 Å². The molecule has 2 N–H and O–H groups in total. The van der Waals surface area contributed by atoms with Crippen LogP contribution in [0.15, 0.2) is 22.0 Å². The van der Waals surface area contributed by atoms with Crippen LogP contribution in [-0.4, -0.2) is 16.5 Å². The second-order valence-electron chi connectivity index (χ2n) is 3.47. The molecule has 2 aromatic rings. The number of nitrogens with zero attached hydrogens (tertiary/aromatic N) is 2. The summed E-state index contributed by atoms with van der Waals surface area (Å²) in [6, 6.07) is 6.02. The van der Waals surface area contributed by atoms with Gasteiger partial charge in [-0.1, -0.05) is 0 Å². The molecule has 0 saturated heterocycles. The Labute approximate surface area is 107 Å². The van der Waals surface area contributed by atoms with Gasteiger partial charge in [0.15, 0.2) is 5.82 Å². The van der Waals surface area contributed by atoms with Gasteiger partial charge in [-0.2, -0.15) is 0 Å². The maximum atomic E-state index is 5.54. The molecule has 0 aliphatic heterocycles. The summed E-state index contributed by atoms with van der Waals surface area (Å²) in [4.78, 5) is 10.0. The predicted molar refractivity (Wildman–Crippen MR) is 70.5 cm³/mol. The molecule has 0 spiro atoms. The van der Waals surface area contributed by atoms with Crippen LogP contribution in [0, 0.1) is 6.92 Å². The highest BCUT2D eigenvalue weighted by atomic mass is 79.9. The lowest BCUT2D eigenvalue weighted by Crippen LogP contribution is -2.06. The number of rotatable bonds is 3. The van der Waals surface area contributed by atoms with Crippen LogP contribution in [0.3, 0.4) is 0 Å². The van der Waals surface area contributed by atoms with Crippen molar-refractivity contribution in [1.82, 2.24) is 9.97 Å². The molecule has 3 nitrogen and oxygen atoms in total. The number of aromatic nitrogens is 2. The maximum absolute atomic E-state index is 5.54. The molecule has 0 aliphatic carbocycles. The molecule has 2 heterocycles. The number of hydrogen-bond donors (Lipinski definition) is 1. The smallest absolute Gasteiger partial charge is 0.169 e. The van der Waals surface area contributed by atoms with E-state index in [2.05, 4.69) is 25.9 Å². The Kier molecular flexibility index (Phi) is 3.68. The van der Waals surface area contributed by atoms with Gasteiger partial charge >= 0.3 is 0 Å². The van der Waals surface area contributed by atoms with Crippen molar-refractivity contribution in [1.29, 1.82) is 0 Å². The summed E-state index contributed by atoms with van der Waals surface area (Å²) in [5.74, 6) is 0.791. The van der Waals surface area contributed by atoms with Crippen molar-refractivity contribution in [3.63, 3.8) is 0 Å². The van der Waals surface area contributed by atoms with Crippen molar-refractivity contribution >= 4 is 27.3 Å². The molecule has 16 heavy (non-hydrogen) atoms. The third kappa shape index (κ3) is 2.66. The molecule has 0 bridgehead atoms. The van der Waals surface area contributed by atoms with E-state index in [0.717, 1.165) is 32.3 Å². The molecule has 0 fully saturated rings. The van der Waals surface area contributed by atoms with E-state index in [1.54, 1.807) is 11.3 Å². The molecule has 0 unspecified atom stereocenters. The van der Waals surface area contributed by atoms with Crippen molar-refractivity contribution in [3.05, 3.63) is 33.4 Å². The van der Waals surface area contributed by atoms with E-state index >= 15 is 0 Å². The van der Waals surface area contributed by atoms with Gasteiger partial charge in [-0.05, 0) is 47.6 Å². The lowest BCUT2D eigenvalue weighted by atomic mass is 10.2. The fraction of sp³-hybridized carbons (Fsp3) is 0.273. The molecule has 0 aliphatic rings. The summed E-state index contributed by atoms with van der Waals surface area (Å²) in [6.07, 6.45) is 0.795. The summed E-state index contributed by atoms with van der Waals surface area (Å²) < 4.78 is 1.09. The standard InChI is InChI=1S/C11H12BrN3S/c1-7-6-8(4-5-13)15-11(14-7)9-2-3-10(12)16-9/h2-3,6H,4-5,13H2,1H3. The zero-order valence-corrected chi connectivity index (χ0v) is 11.3. The molecule has 0 saturated carbocycles. The molecular weight excluding hydrogens is 286 g/mol. The maximum Gasteiger partial charge on any atom is 0.169 e. The van der Waals surface area contributed by atoms with Crippen LogP contribution in [-0.2, 0) is 6.42 Å². The van der Waals surface area contributed by atoms with Crippen LogP contribution in [0.1, 0.15) is 11.4 Å². The quantitative estimate of drug-likeness (QED) is 0.948. The Morgan fingerprint density at radius 1 is 1.38 bits per heavy atom.